The molecule has 3 heterocycles. The molecule has 0 aromatic carbocycles. The maximum absolute atomic E-state index is 12.5. The second kappa shape index (κ2) is 9.50. The quantitative estimate of drug-likeness (QED) is 0.517. The van der Waals surface area contributed by atoms with Gasteiger partial charge in [0, 0.05) is 24.3 Å². The Balaban J connectivity index is 1.73. The normalized spacial score (nSPS) is 18.4. The van der Waals surface area contributed by atoms with Crippen LogP contribution in [0.1, 0.15) is 54.4 Å². The summed E-state index contributed by atoms with van der Waals surface area (Å²) in [5.74, 6) is 0.618. The number of hydrogen-bond acceptors (Lipinski definition) is 7. The topological polar surface area (TPSA) is 113 Å². The van der Waals surface area contributed by atoms with E-state index in [1.807, 2.05) is 12.1 Å². The molecular formula is C25H32N6O3. The summed E-state index contributed by atoms with van der Waals surface area (Å²) in [7, 11) is 4.22. The minimum Gasteiger partial charge on any atom is -0.463 e. The maximum atomic E-state index is 12.5. The number of pyridine rings is 2. The van der Waals surface area contributed by atoms with Gasteiger partial charge in [-0.15, -0.1) is 0 Å². The van der Waals surface area contributed by atoms with Crippen LogP contribution in [0, 0.1) is 19.8 Å². The van der Waals surface area contributed by atoms with Crippen molar-refractivity contribution in [1.82, 2.24) is 24.6 Å². The Morgan fingerprint density at radius 1 is 1.18 bits per heavy atom. The fourth-order valence-electron chi connectivity index (χ4n) is 5.03. The molecule has 1 fully saturated rings. The number of Topliss-reactive ketones (excluding diaryl/α,β-unsaturated/α-hetero) is 1. The molecular weight excluding hydrogens is 432 g/mol. The predicted octanol–water partition coefficient (Wildman–Crippen LogP) is 4.37. The summed E-state index contributed by atoms with van der Waals surface area (Å²) in [5, 5.41) is 17.2. The van der Waals surface area contributed by atoms with Crippen LogP contribution in [-0.4, -0.2) is 68.3 Å². The third-order valence-corrected chi connectivity index (χ3v) is 6.64. The number of hydrogen-bond donors (Lipinski definition) is 2. The molecule has 0 radical (unpaired) electrons. The van der Waals surface area contributed by atoms with Gasteiger partial charge < -0.3 is 15.3 Å². The van der Waals surface area contributed by atoms with Gasteiger partial charge >= 0.3 is 6.09 Å². The van der Waals surface area contributed by atoms with Gasteiger partial charge in [-0.1, -0.05) is 0 Å². The lowest BCUT2D eigenvalue weighted by Crippen LogP contribution is -2.31. The molecule has 180 valence electrons. The van der Waals surface area contributed by atoms with Crippen LogP contribution in [0.2, 0.25) is 0 Å². The third-order valence-electron chi connectivity index (χ3n) is 6.64. The Morgan fingerprint density at radius 3 is 2.47 bits per heavy atom. The van der Waals surface area contributed by atoms with Crippen molar-refractivity contribution in [1.29, 1.82) is 0 Å². The monoisotopic (exact) mass is 464 g/mol. The number of carboxylic acid groups (broad SMARTS) is 1. The highest BCUT2D eigenvalue weighted by Gasteiger charge is 2.25. The lowest BCUT2D eigenvalue weighted by atomic mass is 9.85. The van der Waals surface area contributed by atoms with Gasteiger partial charge in [0.2, 0.25) is 0 Å². The minimum atomic E-state index is -1.14. The van der Waals surface area contributed by atoms with E-state index >= 15 is 0 Å². The van der Waals surface area contributed by atoms with E-state index in [0.717, 1.165) is 36.9 Å². The first-order valence-corrected chi connectivity index (χ1v) is 11.7. The Labute approximate surface area is 199 Å². The van der Waals surface area contributed by atoms with E-state index < -0.39 is 6.09 Å². The van der Waals surface area contributed by atoms with Crippen molar-refractivity contribution in [2.24, 2.45) is 5.92 Å². The maximum Gasteiger partial charge on any atom is 0.432 e. The molecule has 0 saturated heterocycles. The lowest BCUT2D eigenvalue weighted by Gasteiger charge is -2.31. The highest BCUT2D eigenvalue weighted by Crippen LogP contribution is 2.33. The fraction of sp³-hybridized carbons (Fsp3) is 0.480. The molecule has 9 nitrogen and oxygen atoms in total. The number of rotatable bonds is 6. The van der Waals surface area contributed by atoms with E-state index in [1.54, 1.807) is 20.0 Å². The van der Waals surface area contributed by atoms with Crippen molar-refractivity contribution in [3.05, 3.63) is 35.3 Å². The van der Waals surface area contributed by atoms with Crippen molar-refractivity contribution in [2.45, 2.75) is 52.5 Å². The molecule has 0 atom stereocenters. The first-order chi connectivity index (χ1) is 16.2. The second-order valence-corrected chi connectivity index (χ2v) is 9.53. The SMILES string of the molecule is CC(=O)c1cnc2ccc(-c3c(C)nn(C(=O)O)c3C)nc2c1NC1CCC(CN(C)C)CC1. The number of nitrogens with zero attached hydrogens (tertiary/aromatic N) is 5. The minimum absolute atomic E-state index is 0.0727. The largest absolute Gasteiger partial charge is 0.463 e. The van der Waals surface area contributed by atoms with Crippen LogP contribution in [-0.2, 0) is 0 Å². The van der Waals surface area contributed by atoms with Crippen molar-refractivity contribution < 1.29 is 14.7 Å². The van der Waals surface area contributed by atoms with Crippen LogP contribution in [0.4, 0.5) is 10.5 Å². The van der Waals surface area contributed by atoms with Crippen LogP contribution >= 0.6 is 0 Å². The Hall–Kier alpha value is -3.33. The van der Waals surface area contributed by atoms with Crippen LogP contribution in [0.15, 0.2) is 18.3 Å². The number of fused-ring (bicyclic) bond motifs is 1. The Kier molecular flexibility index (Phi) is 6.65. The molecule has 1 saturated carbocycles. The molecule has 1 aliphatic carbocycles. The van der Waals surface area contributed by atoms with Crippen molar-refractivity contribution >= 4 is 28.6 Å². The summed E-state index contributed by atoms with van der Waals surface area (Å²) in [6, 6.07) is 3.94. The summed E-state index contributed by atoms with van der Waals surface area (Å²) in [6.45, 7) is 6.11. The van der Waals surface area contributed by atoms with E-state index in [1.165, 1.54) is 6.92 Å². The van der Waals surface area contributed by atoms with Crippen LogP contribution in [0.25, 0.3) is 22.3 Å². The number of anilines is 1. The van der Waals surface area contributed by atoms with Gasteiger partial charge in [0.05, 0.1) is 33.8 Å². The molecule has 1 aliphatic rings. The van der Waals surface area contributed by atoms with E-state index in [2.05, 4.69) is 34.4 Å². The summed E-state index contributed by atoms with van der Waals surface area (Å²) < 4.78 is 0.964. The summed E-state index contributed by atoms with van der Waals surface area (Å²) in [5.41, 5.74) is 4.87. The van der Waals surface area contributed by atoms with Gasteiger partial charge in [0.15, 0.2) is 5.78 Å². The van der Waals surface area contributed by atoms with Gasteiger partial charge in [-0.2, -0.15) is 9.78 Å². The first-order valence-electron chi connectivity index (χ1n) is 11.7. The number of carbonyl (C=O) groups excluding carboxylic acids is 1. The van der Waals surface area contributed by atoms with Crippen molar-refractivity contribution in [2.75, 3.05) is 26.0 Å². The van der Waals surface area contributed by atoms with Gasteiger partial charge in [-0.05, 0) is 78.6 Å². The van der Waals surface area contributed by atoms with Gasteiger partial charge in [-0.25, -0.2) is 9.78 Å². The molecule has 0 bridgehead atoms. The highest BCUT2D eigenvalue weighted by molar-refractivity contribution is 6.06. The van der Waals surface area contributed by atoms with E-state index in [4.69, 9.17) is 4.98 Å². The zero-order valence-electron chi connectivity index (χ0n) is 20.4. The molecule has 0 unspecified atom stereocenters. The van der Waals surface area contributed by atoms with Gasteiger partial charge in [0.25, 0.3) is 0 Å². The smallest absolute Gasteiger partial charge is 0.432 e. The Bertz CT molecular complexity index is 1240. The van der Waals surface area contributed by atoms with Crippen molar-refractivity contribution in [3.8, 4) is 11.3 Å². The van der Waals surface area contributed by atoms with E-state index in [-0.39, 0.29) is 11.8 Å². The number of nitrogens with one attached hydrogen (secondary N) is 1. The third kappa shape index (κ3) is 4.65. The van der Waals surface area contributed by atoms with Crippen molar-refractivity contribution in [3.63, 3.8) is 0 Å². The summed E-state index contributed by atoms with van der Waals surface area (Å²) >= 11 is 0. The molecule has 0 spiro atoms. The molecule has 34 heavy (non-hydrogen) atoms. The van der Waals surface area contributed by atoms with Crippen LogP contribution < -0.4 is 5.32 Å². The molecule has 9 heteroatoms. The first kappa shape index (κ1) is 23.8. The van der Waals surface area contributed by atoms with E-state index in [9.17, 15) is 14.7 Å². The molecule has 3 aromatic heterocycles. The number of aromatic nitrogens is 4. The Morgan fingerprint density at radius 2 is 1.88 bits per heavy atom. The lowest BCUT2D eigenvalue weighted by molar-refractivity contribution is 0.101. The fourth-order valence-corrected chi connectivity index (χ4v) is 5.03. The average Bonchev–Trinajstić information content (AvgIpc) is 3.08. The highest BCUT2D eigenvalue weighted by atomic mass is 16.4. The molecule has 3 aromatic rings. The molecule has 0 aliphatic heterocycles. The molecule has 0 amide bonds. The summed E-state index contributed by atoms with van der Waals surface area (Å²) in [6.07, 6.45) is 4.82. The zero-order chi connectivity index (χ0) is 24.6. The van der Waals surface area contributed by atoms with Gasteiger partial charge in [0.1, 0.15) is 5.52 Å². The second-order valence-electron chi connectivity index (χ2n) is 9.53. The molecule has 4 rings (SSSR count). The summed E-state index contributed by atoms with van der Waals surface area (Å²) in [4.78, 5) is 35.6. The predicted molar refractivity (Wildman–Crippen MR) is 132 cm³/mol. The number of ketones is 1. The zero-order valence-corrected chi connectivity index (χ0v) is 20.4. The van der Waals surface area contributed by atoms with E-state index in [0.29, 0.717) is 50.8 Å². The standard InChI is InChI=1S/C25H32N6O3/c1-14-22(15(2)31(29-14)25(33)34)20-10-11-21-24(28-20)23(19(12-26-21)16(3)32)27-18-8-6-17(7-9-18)13-30(4)5/h10-12,17-18H,6-9,13H2,1-5H3,(H,26,27)(H,33,34). The molecule has 2 N–H and O–H groups in total. The number of carbonyl (C=O) groups is 2. The van der Waals surface area contributed by atoms with Gasteiger partial charge in [-0.3, -0.25) is 9.78 Å². The average molecular weight is 465 g/mol. The van der Waals surface area contributed by atoms with Crippen LogP contribution in [0.3, 0.4) is 0 Å². The number of aryl methyl sites for hydroxylation is 1. The van der Waals surface area contributed by atoms with Crippen LogP contribution in [0.5, 0.6) is 0 Å².